The molecule has 0 spiro atoms. The van der Waals surface area contributed by atoms with Gasteiger partial charge in [-0.15, -0.1) is 0 Å². The van der Waals surface area contributed by atoms with Gasteiger partial charge in [-0.3, -0.25) is 14.6 Å². The summed E-state index contributed by atoms with van der Waals surface area (Å²) < 4.78 is 11.1. The van der Waals surface area contributed by atoms with Crippen molar-refractivity contribution in [2.45, 2.75) is 19.5 Å². The summed E-state index contributed by atoms with van der Waals surface area (Å²) in [7, 11) is 0. The van der Waals surface area contributed by atoms with Crippen LogP contribution in [-0.2, 0) is 24.3 Å². The van der Waals surface area contributed by atoms with Crippen molar-refractivity contribution in [2.24, 2.45) is 0 Å². The Hall–Kier alpha value is -3.23. The van der Waals surface area contributed by atoms with Crippen LogP contribution in [-0.4, -0.2) is 65.2 Å². The van der Waals surface area contributed by atoms with E-state index in [-0.39, 0.29) is 12.3 Å². The maximum Gasteiger partial charge on any atom is 0.240 e. The second-order valence-corrected chi connectivity index (χ2v) is 7.82. The predicted molar refractivity (Wildman–Crippen MR) is 120 cm³/mol. The van der Waals surface area contributed by atoms with Crippen LogP contribution in [0.4, 0.5) is 0 Å². The molecule has 1 fully saturated rings. The van der Waals surface area contributed by atoms with Crippen molar-refractivity contribution < 1.29 is 14.1 Å². The van der Waals surface area contributed by atoms with Gasteiger partial charge in [-0.05, 0) is 17.7 Å². The molecule has 0 aliphatic carbocycles. The zero-order chi connectivity index (χ0) is 22.0. The van der Waals surface area contributed by atoms with E-state index in [4.69, 9.17) is 9.26 Å². The molecule has 8 nitrogen and oxygen atoms in total. The van der Waals surface area contributed by atoms with Crippen LogP contribution in [0.2, 0.25) is 0 Å². The number of amides is 1. The smallest absolute Gasteiger partial charge is 0.240 e. The Morgan fingerprint density at radius 1 is 0.969 bits per heavy atom. The minimum atomic E-state index is -0.118. The maximum atomic E-state index is 12.1. The molecule has 8 heteroatoms. The molecule has 1 aliphatic heterocycles. The highest BCUT2D eigenvalue weighted by Crippen LogP contribution is 2.10. The minimum Gasteiger partial charge on any atom is -0.492 e. The van der Waals surface area contributed by atoms with E-state index in [0.717, 1.165) is 44.0 Å². The molecule has 0 saturated carbocycles. The lowest BCUT2D eigenvalue weighted by Crippen LogP contribution is -2.47. The molecule has 168 valence electrons. The van der Waals surface area contributed by atoms with Gasteiger partial charge >= 0.3 is 0 Å². The zero-order valence-corrected chi connectivity index (χ0v) is 18.2. The van der Waals surface area contributed by atoms with Gasteiger partial charge in [0, 0.05) is 39.3 Å². The van der Waals surface area contributed by atoms with Gasteiger partial charge in [0.15, 0.2) is 5.82 Å². The van der Waals surface area contributed by atoms with Gasteiger partial charge in [0.25, 0.3) is 0 Å². The first-order valence-corrected chi connectivity index (χ1v) is 11.0. The van der Waals surface area contributed by atoms with Crippen molar-refractivity contribution >= 4 is 5.91 Å². The molecular formula is C24H29N5O3. The molecule has 1 N–H and O–H groups in total. The summed E-state index contributed by atoms with van der Waals surface area (Å²) in [4.78, 5) is 21.2. The van der Waals surface area contributed by atoms with Crippen LogP contribution in [0.5, 0.6) is 5.75 Å². The van der Waals surface area contributed by atoms with Crippen LogP contribution >= 0.6 is 0 Å². The number of nitrogens with one attached hydrogen (secondary N) is 1. The number of benzene rings is 2. The minimum absolute atomic E-state index is 0.117. The summed E-state index contributed by atoms with van der Waals surface area (Å²) in [5.74, 6) is 1.76. The molecule has 0 radical (unpaired) electrons. The quantitative estimate of drug-likeness (QED) is 0.522. The van der Waals surface area contributed by atoms with Gasteiger partial charge in [0.05, 0.1) is 13.0 Å². The lowest BCUT2D eigenvalue weighted by Gasteiger charge is -2.33. The van der Waals surface area contributed by atoms with Crippen LogP contribution < -0.4 is 10.1 Å². The van der Waals surface area contributed by atoms with Crippen molar-refractivity contribution in [3.63, 3.8) is 0 Å². The van der Waals surface area contributed by atoms with E-state index in [1.807, 2.05) is 60.7 Å². The van der Waals surface area contributed by atoms with Gasteiger partial charge in [-0.1, -0.05) is 53.7 Å². The Morgan fingerprint density at radius 2 is 1.66 bits per heavy atom. The third kappa shape index (κ3) is 6.90. The third-order valence-electron chi connectivity index (χ3n) is 5.40. The van der Waals surface area contributed by atoms with Gasteiger partial charge in [0.1, 0.15) is 12.4 Å². The average Bonchev–Trinajstić information content (AvgIpc) is 3.27. The summed E-state index contributed by atoms with van der Waals surface area (Å²) in [5, 5.41) is 6.84. The fraction of sp³-hybridized carbons (Fsp3) is 0.375. The third-order valence-corrected chi connectivity index (χ3v) is 5.40. The highest BCUT2D eigenvalue weighted by atomic mass is 16.5. The van der Waals surface area contributed by atoms with E-state index in [2.05, 4.69) is 25.3 Å². The number of piperazine rings is 1. The second kappa shape index (κ2) is 11.4. The van der Waals surface area contributed by atoms with Gasteiger partial charge in [-0.25, -0.2) is 0 Å². The summed E-state index contributed by atoms with van der Waals surface area (Å²) in [5.41, 5.74) is 1.06. The van der Waals surface area contributed by atoms with Crippen molar-refractivity contribution in [2.75, 3.05) is 39.3 Å². The highest BCUT2D eigenvalue weighted by molar-refractivity contribution is 5.77. The van der Waals surface area contributed by atoms with E-state index >= 15 is 0 Å². The largest absolute Gasteiger partial charge is 0.492 e. The molecular weight excluding hydrogens is 406 g/mol. The molecule has 1 aromatic heterocycles. The Morgan fingerprint density at radius 3 is 2.41 bits per heavy atom. The van der Waals surface area contributed by atoms with Crippen LogP contribution in [0.25, 0.3) is 0 Å². The van der Waals surface area contributed by atoms with Crippen molar-refractivity contribution in [1.29, 1.82) is 0 Å². The number of ether oxygens (including phenoxy) is 1. The first-order valence-electron chi connectivity index (χ1n) is 11.0. The number of nitrogens with zero attached hydrogens (tertiary/aromatic N) is 4. The summed E-state index contributed by atoms with van der Waals surface area (Å²) >= 11 is 0. The number of carbonyl (C=O) groups is 1. The first-order chi connectivity index (χ1) is 15.7. The molecule has 0 unspecified atom stereocenters. The Balaban J connectivity index is 1.13. The topological polar surface area (TPSA) is 83.7 Å². The Labute approximate surface area is 188 Å². The molecule has 32 heavy (non-hydrogen) atoms. The SMILES string of the molecule is O=C(Cc1noc(CN2CCN(CCOc3ccccc3)CC2)n1)NCc1ccccc1. The fourth-order valence-corrected chi connectivity index (χ4v) is 3.60. The number of para-hydroxylation sites is 1. The number of hydrogen-bond acceptors (Lipinski definition) is 7. The number of aromatic nitrogens is 2. The summed E-state index contributed by atoms with van der Waals surface area (Å²) in [6.07, 6.45) is 0.117. The van der Waals surface area contributed by atoms with E-state index < -0.39 is 0 Å². The highest BCUT2D eigenvalue weighted by Gasteiger charge is 2.19. The molecule has 3 aromatic rings. The second-order valence-electron chi connectivity index (χ2n) is 7.82. The maximum absolute atomic E-state index is 12.1. The van der Waals surface area contributed by atoms with Crippen LogP contribution in [0.1, 0.15) is 17.3 Å². The van der Waals surface area contributed by atoms with Crippen LogP contribution in [0.15, 0.2) is 65.2 Å². The van der Waals surface area contributed by atoms with Crippen molar-refractivity contribution in [1.82, 2.24) is 25.3 Å². The Bertz CT molecular complexity index is 956. The summed E-state index contributed by atoms with van der Waals surface area (Å²) in [6, 6.07) is 19.7. The number of hydrogen-bond donors (Lipinski definition) is 1. The molecule has 0 atom stereocenters. The summed E-state index contributed by atoms with van der Waals surface area (Å²) in [6.45, 7) is 6.50. The van der Waals surface area contributed by atoms with Gasteiger partial charge in [0.2, 0.25) is 11.8 Å². The fourth-order valence-electron chi connectivity index (χ4n) is 3.60. The normalized spacial score (nSPS) is 14.9. The average molecular weight is 436 g/mol. The van der Waals surface area contributed by atoms with Gasteiger partial charge < -0.3 is 14.6 Å². The molecule has 1 saturated heterocycles. The molecule has 4 rings (SSSR count). The van der Waals surface area contributed by atoms with Crippen LogP contribution in [0.3, 0.4) is 0 Å². The lowest BCUT2D eigenvalue weighted by molar-refractivity contribution is -0.120. The predicted octanol–water partition coefficient (Wildman–Crippen LogP) is 2.13. The monoisotopic (exact) mass is 435 g/mol. The van der Waals surface area contributed by atoms with E-state index in [1.54, 1.807) is 0 Å². The molecule has 2 heterocycles. The molecule has 1 aliphatic rings. The lowest BCUT2D eigenvalue weighted by atomic mass is 10.2. The van der Waals surface area contributed by atoms with E-state index in [0.29, 0.717) is 31.4 Å². The van der Waals surface area contributed by atoms with Gasteiger partial charge in [-0.2, -0.15) is 4.98 Å². The number of carbonyl (C=O) groups excluding carboxylic acids is 1. The van der Waals surface area contributed by atoms with Crippen molar-refractivity contribution in [3.05, 3.63) is 77.9 Å². The van der Waals surface area contributed by atoms with E-state index in [9.17, 15) is 4.79 Å². The first kappa shape index (κ1) is 22.0. The zero-order valence-electron chi connectivity index (χ0n) is 18.2. The Kier molecular flexibility index (Phi) is 7.84. The molecule has 2 aromatic carbocycles. The van der Waals surface area contributed by atoms with Crippen molar-refractivity contribution in [3.8, 4) is 5.75 Å². The standard InChI is InChI=1S/C24H29N5O3/c30-23(25-18-20-7-3-1-4-8-20)17-22-26-24(32-27-22)19-29-13-11-28(12-14-29)15-16-31-21-9-5-2-6-10-21/h1-10H,11-19H2,(H,25,30). The molecule has 1 amide bonds. The number of rotatable bonds is 10. The van der Waals surface area contributed by atoms with Crippen LogP contribution in [0, 0.1) is 0 Å². The molecule has 0 bridgehead atoms. The van der Waals surface area contributed by atoms with E-state index in [1.165, 1.54) is 0 Å².